The number of rotatable bonds is 7. The molecule has 0 spiro atoms. The van der Waals surface area contributed by atoms with E-state index in [9.17, 15) is 18.8 Å². The van der Waals surface area contributed by atoms with E-state index >= 15 is 0 Å². The van der Waals surface area contributed by atoms with Crippen LogP contribution in [-0.2, 0) is 19.1 Å². The number of carbonyl (C=O) groups excluding carboxylic acids is 3. The maximum absolute atomic E-state index is 13.5. The maximum Gasteiger partial charge on any atom is 0.407 e. The smallest absolute Gasteiger partial charge is 0.407 e. The molecule has 9 heteroatoms. The first-order valence-electron chi connectivity index (χ1n) is 7.94. The van der Waals surface area contributed by atoms with E-state index in [0.29, 0.717) is 6.42 Å². The van der Waals surface area contributed by atoms with Crippen LogP contribution in [0.15, 0.2) is 18.2 Å². The quantitative estimate of drug-likeness (QED) is 0.552. The molecule has 2 N–H and O–H groups in total. The minimum atomic E-state index is -0.689. The van der Waals surface area contributed by atoms with E-state index in [1.54, 1.807) is 20.8 Å². The lowest BCUT2D eigenvalue weighted by molar-refractivity contribution is -0.147. The van der Waals surface area contributed by atoms with Crippen molar-refractivity contribution in [1.29, 1.82) is 0 Å². The first-order chi connectivity index (χ1) is 12.1. The van der Waals surface area contributed by atoms with E-state index in [1.807, 2.05) is 0 Å². The number of hydrogen-bond acceptors (Lipinski definition) is 5. The molecule has 0 saturated heterocycles. The third-order valence-corrected chi connectivity index (χ3v) is 3.03. The van der Waals surface area contributed by atoms with Gasteiger partial charge in [0.25, 0.3) is 5.91 Å². The van der Waals surface area contributed by atoms with Crippen LogP contribution in [0.25, 0.3) is 0 Å². The van der Waals surface area contributed by atoms with Crippen molar-refractivity contribution in [3.05, 3.63) is 29.0 Å². The van der Waals surface area contributed by atoms with E-state index in [1.165, 1.54) is 12.1 Å². The van der Waals surface area contributed by atoms with Gasteiger partial charge in [0.15, 0.2) is 6.61 Å². The molecule has 7 nitrogen and oxygen atoms in total. The highest BCUT2D eigenvalue weighted by Gasteiger charge is 2.16. The van der Waals surface area contributed by atoms with Gasteiger partial charge in [0.2, 0.25) is 0 Å². The van der Waals surface area contributed by atoms with E-state index in [-0.39, 0.29) is 23.7 Å². The zero-order valence-electron chi connectivity index (χ0n) is 14.9. The number of hydrogen-bond donors (Lipinski definition) is 2. The molecule has 1 aromatic carbocycles. The van der Waals surface area contributed by atoms with Gasteiger partial charge in [-0.3, -0.25) is 9.59 Å². The molecule has 0 aromatic heterocycles. The summed E-state index contributed by atoms with van der Waals surface area (Å²) >= 11 is 5.61. The Kier molecular flexibility index (Phi) is 8.31. The summed E-state index contributed by atoms with van der Waals surface area (Å²) in [5.41, 5.74) is -0.656. The first-order valence-corrected chi connectivity index (χ1v) is 8.32. The molecule has 2 amide bonds. The number of alkyl carbamates (subject to hydrolysis) is 1. The Hall–Kier alpha value is -2.35. The summed E-state index contributed by atoms with van der Waals surface area (Å²) in [5.74, 6) is -1.97. The predicted molar refractivity (Wildman–Crippen MR) is 94.5 cm³/mol. The molecule has 0 bridgehead atoms. The Morgan fingerprint density at radius 3 is 2.54 bits per heavy atom. The van der Waals surface area contributed by atoms with Crippen LogP contribution in [0.3, 0.4) is 0 Å². The van der Waals surface area contributed by atoms with Crippen LogP contribution in [0.5, 0.6) is 0 Å². The fourth-order valence-electron chi connectivity index (χ4n) is 1.73. The minimum Gasteiger partial charge on any atom is -0.456 e. The summed E-state index contributed by atoms with van der Waals surface area (Å²) in [6.45, 7) is 4.91. The molecule has 0 atom stereocenters. The topological polar surface area (TPSA) is 93.7 Å². The Bertz CT molecular complexity index is 661. The van der Waals surface area contributed by atoms with E-state index in [4.69, 9.17) is 21.1 Å². The van der Waals surface area contributed by atoms with Crippen molar-refractivity contribution in [2.24, 2.45) is 0 Å². The van der Waals surface area contributed by atoms with Gasteiger partial charge >= 0.3 is 12.1 Å². The number of anilines is 1. The van der Waals surface area contributed by atoms with Crippen LogP contribution >= 0.6 is 11.6 Å². The number of ether oxygens (including phenoxy) is 2. The average molecular weight is 389 g/mol. The number of carbonyl (C=O) groups is 3. The van der Waals surface area contributed by atoms with Crippen LogP contribution in [0.4, 0.5) is 14.9 Å². The highest BCUT2D eigenvalue weighted by Crippen LogP contribution is 2.18. The molecular formula is C17H22ClFN2O5. The third kappa shape index (κ3) is 9.22. The first kappa shape index (κ1) is 21.7. The fraction of sp³-hybridized carbons (Fsp3) is 0.471. The zero-order chi connectivity index (χ0) is 19.7. The van der Waals surface area contributed by atoms with Gasteiger partial charge in [0.05, 0.1) is 5.69 Å². The molecule has 0 saturated carbocycles. The van der Waals surface area contributed by atoms with Crippen LogP contribution < -0.4 is 10.6 Å². The largest absolute Gasteiger partial charge is 0.456 e. The Balaban J connectivity index is 2.21. The predicted octanol–water partition coefficient (Wildman–Crippen LogP) is 3.27. The monoisotopic (exact) mass is 388 g/mol. The Morgan fingerprint density at radius 1 is 1.23 bits per heavy atom. The van der Waals surface area contributed by atoms with E-state index in [0.717, 1.165) is 6.07 Å². The molecule has 0 fully saturated rings. The molecule has 1 aromatic rings. The lowest BCUT2D eigenvalue weighted by Gasteiger charge is -2.19. The highest BCUT2D eigenvalue weighted by atomic mass is 35.5. The van der Waals surface area contributed by atoms with Crippen LogP contribution in [0.2, 0.25) is 5.02 Å². The van der Waals surface area contributed by atoms with Crippen LogP contribution in [0, 0.1) is 5.82 Å². The molecule has 1 rings (SSSR count). The number of esters is 1. The number of halogens is 2. The fourth-order valence-corrected chi connectivity index (χ4v) is 1.89. The zero-order valence-corrected chi connectivity index (χ0v) is 15.6. The summed E-state index contributed by atoms with van der Waals surface area (Å²) in [6, 6.07) is 3.78. The number of amides is 2. The second kappa shape index (κ2) is 9.96. The molecule has 0 radical (unpaired) electrons. The second-order valence-electron chi connectivity index (χ2n) is 6.37. The Labute approximate surface area is 156 Å². The van der Waals surface area contributed by atoms with Gasteiger partial charge in [0.1, 0.15) is 11.4 Å². The molecule has 0 aliphatic carbocycles. The summed E-state index contributed by atoms with van der Waals surface area (Å²) in [5, 5.41) is 4.98. The summed E-state index contributed by atoms with van der Waals surface area (Å²) < 4.78 is 23.4. The van der Waals surface area contributed by atoms with Gasteiger partial charge in [-0.15, -0.1) is 0 Å². The SMILES string of the molecule is CC(C)(C)OC(=O)NCCCC(=O)OCC(=O)Nc1ccc(Cl)cc1F. The number of benzene rings is 1. The molecule has 0 unspecified atom stereocenters. The number of nitrogens with one attached hydrogen (secondary N) is 2. The second-order valence-corrected chi connectivity index (χ2v) is 6.80. The summed E-state index contributed by atoms with van der Waals surface area (Å²) in [6.07, 6.45) is -0.237. The molecule has 26 heavy (non-hydrogen) atoms. The van der Waals surface area contributed by atoms with Gasteiger partial charge in [-0.05, 0) is 45.4 Å². The van der Waals surface area contributed by atoms with Crippen molar-refractivity contribution in [2.75, 3.05) is 18.5 Å². The van der Waals surface area contributed by atoms with Gasteiger partial charge in [-0.1, -0.05) is 11.6 Å². The van der Waals surface area contributed by atoms with Crippen molar-refractivity contribution < 1.29 is 28.2 Å². The lowest BCUT2D eigenvalue weighted by Crippen LogP contribution is -2.33. The summed E-state index contributed by atoms with van der Waals surface area (Å²) in [4.78, 5) is 34.6. The Morgan fingerprint density at radius 2 is 1.92 bits per heavy atom. The average Bonchev–Trinajstić information content (AvgIpc) is 2.50. The van der Waals surface area contributed by atoms with Gasteiger partial charge in [0, 0.05) is 18.0 Å². The minimum absolute atomic E-state index is 0.0123. The van der Waals surface area contributed by atoms with Gasteiger partial charge < -0.3 is 20.1 Å². The van der Waals surface area contributed by atoms with Crippen molar-refractivity contribution in [3.8, 4) is 0 Å². The van der Waals surface area contributed by atoms with E-state index < -0.39 is 36.0 Å². The van der Waals surface area contributed by atoms with Crippen molar-refractivity contribution in [1.82, 2.24) is 5.32 Å². The standard InChI is InChI=1S/C17H22ClFN2O5/c1-17(2,3)26-16(24)20-8-4-5-15(23)25-10-14(22)21-13-7-6-11(18)9-12(13)19/h6-7,9H,4-5,8,10H2,1-3H3,(H,20,24)(H,21,22). The van der Waals surface area contributed by atoms with Crippen LogP contribution in [-0.4, -0.2) is 36.7 Å². The van der Waals surface area contributed by atoms with Gasteiger partial charge in [-0.25, -0.2) is 9.18 Å². The lowest BCUT2D eigenvalue weighted by atomic mass is 10.2. The molecular weight excluding hydrogens is 367 g/mol. The molecule has 0 aliphatic rings. The molecule has 144 valence electrons. The summed E-state index contributed by atoms with van der Waals surface area (Å²) in [7, 11) is 0. The maximum atomic E-state index is 13.5. The normalized spacial score (nSPS) is 10.8. The third-order valence-electron chi connectivity index (χ3n) is 2.80. The van der Waals surface area contributed by atoms with E-state index in [2.05, 4.69) is 10.6 Å². The van der Waals surface area contributed by atoms with Crippen LogP contribution in [0.1, 0.15) is 33.6 Å². The van der Waals surface area contributed by atoms with Gasteiger partial charge in [-0.2, -0.15) is 0 Å². The molecule has 0 heterocycles. The molecule has 0 aliphatic heterocycles. The van der Waals surface area contributed by atoms with Crippen molar-refractivity contribution in [3.63, 3.8) is 0 Å². The highest BCUT2D eigenvalue weighted by molar-refractivity contribution is 6.30. The van der Waals surface area contributed by atoms with Crippen molar-refractivity contribution in [2.45, 2.75) is 39.2 Å². The van der Waals surface area contributed by atoms with Crippen molar-refractivity contribution >= 4 is 35.3 Å².